The quantitative estimate of drug-likeness (QED) is 0.633. The number of rotatable bonds is 6. The number of hydrogen-bond acceptors (Lipinski definition) is 3. The molecular formula is C27H36FN3O3. The number of benzene rings is 1. The normalized spacial score (nSPS) is 27.7. The molecule has 0 bridgehead atoms. The van der Waals surface area contributed by atoms with Crippen molar-refractivity contribution < 1.29 is 18.8 Å². The van der Waals surface area contributed by atoms with Crippen LogP contribution in [0.3, 0.4) is 0 Å². The zero-order valence-electron chi connectivity index (χ0n) is 20.2. The van der Waals surface area contributed by atoms with E-state index in [4.69, 9.17) is 0 Å². The van der Waals surface area contributed by atoms with Crippen LogP contribution < -0.4 is 5.32 Å². The molecule has 2 saturated heterocycles. The first-order valence-corrected chi connectivity index (χ1v) is 13.0. The molecule has 2 aliphatic heterocycles. The van der Waals surface area contributed by atoms with Crippen molar-refractivity contribution in [3.05, 3.63) is 35.6 Å². The molecule has 4 aliphatic rings. The molecule has 0 unspecified atom stereocenters. The van der Waals surface area contributed by atoms with Crippen molar-refractivity contribution in [2.24, 2.45) is 17.3 Å². The maximum Gasteiger partial charge on any atom is 0.325 e. The van der Waals surface area contributed by atoms with Gasteiger partial charge in [-0.3, -0.25) is 14.5 Å². The van der Waals surface area contributed by atoms with E-state index in [0.29, 0.717) is 44.8 Å². The van der Waals surface area contributed by atoms with Gasteiger partial charge in [0.15, 0.2) is 0 Å². The van der Waals surface area contributed by atoms with Crippen molar-refractivity contribution in [2.45, 2.75) is 76.7 Å². The lowest BCUT2D eigenvalue weighted by Crippen LogP contribution is -2.58. The fourth-order valence-electron chi connectivity index (χ4n) is 6.34. The minimum Gasteiger partial charge on any atom is -0.342 e. The van der Waals surface area contributed by atoms with Crippen molar-refractivity contribution >= 4 is 17.8 Å². The molecule has 2 aliphatic carbocycles. The Balaban J connectivity index is 1.35. The average Bonchev–Trinajstić information content (AvgIpc) is 3.63. The number of amides is 4. The Labute approximate surface area is 201 Å². The standard InChI is InChI=1S/C27H36FN3O3/c1-26(13-3-2-4-14-26)23(32)30-15-11-21(12-16-30)27(17-19-7-9-22(28)10-8-19)24(33)31(25(34)29-27)18-20-5-6-20/h7-10,20-21H,2-6,11-18H2,1H3,(H,29,34)/t27-/m1/s1. The lowest BCUT2D eigenvalue weighted by atomic mass is 9.72. The van der Waals surface area contributed by atoms with Gasteiger partial charge < -0.3 is 10.2 Å². The Kier molecular flexibility index (Phi) is 6.15. The minimum atomic E-state index is -1.03. The van der Waals surface area contributed by atoms with Crippen LogP contribution in [-0.4, -0.2) is 52.8 Å². The van der Waals surface area contributed by atoms with Crippen molar-refractivity contribution in [3.8, 4) is 0 Å². The SMILES string of the molecule is CC1(C(=O)N2CCC([C@@]3(Cc4ccc(F)cc4)NC(=O)N(CC4CC4)C3=O)CC2)CCCCC1. The number of piperidine rings is 1. The molecule has 4 fully saturated rings. The zero-order chi connectivity index (χ0) is 23.9. The third-order valence-electron chi connectivity index (χ3n) is 8.69. The van der Waals surface area contributed by atoms with Crippen LogP contribution in [0.4, 0.5) is 9.18 Å². The van der Waals surface area contributed by atoms with Gasteiger partial charge in [0, 0.05) is 31.5 Å². The highest BCUT2D eigenvalue weighted by Crippen LogP contribution is 2.41. The molecular weight excluding hydrogens is 433 g/mol. The first-order chi connectivity index (χ1) is 16.3. The van der Waals surface area contributed by atoms with E-state index in [1.165, 1.54) is 23.5 Å². The van der Waals surface area contributed by atoms with Crippen LogP contribution in [0.5, 0.6) is 0 Å². The smallest absolute Gasteiger partial charge is 0.325 e. The van der Waals surface area contributed by atoms with Gasteiger partial charge in [-0.05, 0) is 68.1 Å². The topological polar surface area (TPSA) is 69.7 Å². The Morgan fingerprint density at radius 2 is 1.68 bits per heavy atom. The van der Waals surface area contributed by atoms with Crippen LogP contribution >= 0.6 is 0 Å². The van der Waals surface area contributed by atoms with Crippen LogP contribution in [0.25, 0.3) is 0 Å². The number of nitrogens with zero attached hydrogens (tertiary/aromatic N) is 2. The van der Waals surface area contributed by atoms with Gasteiger partial charge >= 0.3 is 6.03 Å². The largest absolute Gasteiger partial charge is 0.342 e. The Morgan fingerprint density at radius 1 is 1.03 bits per heavy atom. The summed E-state index contributed by atoms with van der Waals surface area (Å²) in [5, 5.41) is 3.09. The lowest BCUT2D eigenvalue weighted by molar-refractivity contribution is -0.145. The molecule has 0 spiro atoms. The number of hydrogen-bond donors (Lipinski definition) is 1. The summed E-state index contributed by atoms with van der Waals surface area (Å²) < 4.78 is 13.5. The number of urea groups is 1. The van der Waals surface area contributed by atoms with Crippen LogP contribution in [0, 0.1) is 23.1 Å². The van der Waals surface area contributed by atoms with E-state index in [1.54, 1.807) is 12.1 Å². The molecule has 1 atom stereocenters. The highest BCUT2D eigenvalue weighted by Gasteiger charge is 2.56. The van der Waals surface area contributed by atoms with Gasteiger partial charge in [0.25, 0.3) is 5.91 Å². The molecule has 1 N–H and O–H groups in total. The summed E-state index contributed by atoms with van der Waals surface area (Å²) >= 11 is 0. The van der Waals surface area contributed by atoms with E-state index in [1.807, 2.05) is 4.90 Å². The Bertz CT molecular complexity index is 946. The van der Waals surface area contributed by atoms with E-state index < -0.39 is 5.54 Å². The maximum absolute atomic E-state index is 13.8. The fraction of sp³-hybridized carbons (Fsp3) is 0.667. The van der Waals surface area contributed by atoms with Crippen molar-refractivity contribution in [1.29, 1.82) is 0 Å². The van der Waals surface area contributed by atoms with E-state index in [2.05, 4.69) is 12.2 Å². The molecule has 2 saturated carbocycles. The Hall–Kier alpha value is -2.44. The number of imide groups is 1. The summed E-state index contributed by atoms with van der Waals surface area (Å²) in [5.74, 6) is 0.111. The summed E-state index contributed by atoms with van der Waals surface area (Å²) in [4.78, 5) is 43.4. The third-order valence-corrected chi connectivity index (χ3v) is 8.69. The molecule has 1 aromatic rings. The number of carbonyl (C=O) groups excluding carboxylic acids is 3. The van der Waals surface area contributed by atoms with E-state index >= 15 is 0 Å². The highest BCUT2D eigenvalue weighted by molar-refractivity contribution is 6.07. The summed E-state index contributed by atoms with van der Waals surface area (Å²) in [7, 11) is 0. The van der Waals surface area contributed by atoms with E-state index in [0.717, 1.165) is 44.1 Å². The van der Waals surface area contributed by atoms with Crippen LogP contribution in [0.2, 0.25) is 0 Å². The van der Waals surface area contributed by atoms with Crippen LogP contribution in [0.15, 0.2) is 24.3 Å². The number of nitrogens with one attached hydrogen (secondary N) is 1. The molecule has 1 aromatic carbocycles. The van der Waals surface area contributed by atoms with Crippen molar-refractivity contribution in [2.75, 3.05) is 19.6 Å². The second kappa shape index (κ2) is 8.97. The fourth-order valence-corrected chi connectivity index (χ4v) is 6.34. The van der Waals surface area contributed by atoms with Crippen molar-refractivity contribution in [1.82, 2.24) is 15.1 Å². The summed E-state index contributed by atoms with van der Waals surface area (Å²) in [6.07, 6.45) is 9.12. The van der Waals surface area contributed by atoms with Gasteiger partial charge in [0.1, 0.15) is 11.4 Å². The van der Waals surface area contributed by atoms with Gasteiger partial charge in [-0.1, -0.05) is 38.3 Å². The Morgan fingerprint density at radius 3 is 2.29 bits per heavy atom. The molecule has 34 heavy (non-hydrogen) atoms. The molecule has 7 heteroatoms. The predicted octanol–water partition coefficient (Wildman–Crippen LogP) is 4.28. The number of carbonyl (C=O) groups is 3. The summed E-state index contributed by atoms with van der Waals surface area (Å²) in [6, 6.07) is 5.88. The maximum atomic E-state index is 13.8. The molecule has 4 amide bonds. The van der Waals surface area contributed by atoms with Gasteiger partial charge in [-0.25, -0.2) is 9.18 Å². The monoisotopic (exact) mass is 469 g/mol. The lowest BCUT2D eigenvalue weighted by Gasteiger charge is -2.44. The van der Waals surface area contributed by atoms with Gasteiger partial charge in [-0.15, -0.1) is 0 Å². The minimum absolute atomic E-state index is 0.0681. The van der Waals surface area contributed by atoms with Crippen molar-refractivity contribution in [3.63, 3.8) is 0 Å². The average molecular weight is 470 g/mol. The van der Waals surface area contributed by atoms with Gasteiger partial charge in [0.05, 0.1) is 0 Å². The zero-order valence-corrected chi connectivity index (χ0v) is 20.2. The molecule has 0 aromatic heterocycles. The molecule has 6 nitrogen and oxygen atoms in total. The molecule has 0 radical (unpaired) electrons. The first-order valence-electron chi connectivity index (χ1n) is 13.0. The van der Waals surface area contributed by atoms with E-state index in [9.17, 15) is 18.8 Å². The third kappa shape index (κ3) is 4.34. The summed E-state index contributed by atoms with van der Waals surface area (Å²) in [5.41, 5.74) is -0.472. The van der Waals surface area contributed by atoms with E-state index in [-0.39, 0.29) is 35.0 Å². The second-order valence-corrected chi connectivity index (χ2v) is 11.3. The number of likely N-dealkylation sites (tertiary alicyclic amines) is 1. The summed E-state index contributed by atoms with van der Waals surface area (Å²) in [6.45, 7) is 3.80. The van der Waals surface area contributed by atoms with Crippen LogP contribution in [0.1, 0.15) is 70.3 Å². The highest BCUT2D eigenvalue weighted by atomic mass is 19.1. The van der Waals surface area contributed by atoms with Gasteiger partial charge in [-0.2, -0.15) is 0 Å². The molecule has 5 rings (SSSR count). The number of halogens is 1. The molecule has 184 valence electrons. The van der Waals surface area contributed by atoms with Gasteiger partial charge in [0.2, 0.25) is 5.91 Å². The molecule has 2 heterocycles. The predicted molar refractivity (Wildman–Crippen MR) is 126 cm³/mol. The van der Waals surface area contributed by atoms with Crippen LogP contribution in [-0.2, 0) is 16.0 Å². The first kappa shape index (κ1) is 23.3. The second-order valence-electron chi connectivity index (χ2n) is 11.3.